The molecular formula is C8H13N2P. The maximum atomic E-state index is 3.37. The van der Waals surface area contributed by atoms with Crippen molar-refractivity contribution in [1.29, 1.82) is 0 Å². The zero-order valence-corrected chi connectivity index (χ0v) is 7.78. The topological polar surface area (TPSA) is 24.1 Å². The summed E-state index contributed by atoms with van der Waals surface area (Å²) in [6, 6.07) is 0. The summed E-state index contributed by atoms with van der Waals surface area (Å²) in [7, 11) is 0.202. The van der Waals surface area contributed by atoms with Gasteiger partial charge in [-0.1, -0.05) is 14.8 Å². The van der Waals surface area contributed by atoms with Crippen molar-refractivity contribution in [1.82, 2.24) is 10.6 Å². The van der Waals surface area contributed by atoms with Crippen molar-refractivity contribution in [3.63, 3.8) is 0 Å². The van der Waals surface area contributed by atoms with Gasteiger partial charge >= 0.3 is 0 Å². The van der Waals surface area contributed by atoms with Crippen molar-refractivity contribution in [3.05, 3.63) is 23.5 Å². The van der Waals surface area contributed by atoms with Crippen LogP contribution in [-0.2, 0) is 0 Å². The Hall–Kier alpha value is -0.490. The molecule has 0 amide bonds. The summed E-state index contributed by atoms with van der Waals surface area (Å²) >= 11 is 0. The Morgan fingerprint density at radius 3 is 2.91 bits per heavy atom. The van der Waals surface area contributed by atoms with Gasteiger partial charge in [0.1, 0.15) is 5.82 Å². The largest absolute Gasteiger partial charge is 0.346 e. The molecule has 0 aromatic rings. The summed E-state index contributed by atoms with van der Waals surface area (Å²) in [6.07, 6.45) is 5.59. The second-order valence-electron chi connectivity index (χ2n) is 3.00. The Kier molecular flexibility index (Phi) is 1.65. The molecule has 11 heavy (non-hydrogen) atoms. The molecule has 0 aromatic carbocycles. The fourth-order valence-corrected chi connectivity index (χ4v) is 3.13. The number of hydrogen-bond acceptors (Lipinski definition) is 2. The molecule has 60 valence electrons. The van der Waals surface area contributed by atoms with Crippen LogP contribution in [0.2, 0.25) is 0 Å². The van der Waals surface area contributed by atoms with Gasteiger partial charge < -0.3 is 10.6 Å². The van der Waals surface area contributed by atoms with Gasteiger partial charge in [-0.25, -0.2) is 0 Å². The smallest absolute Gasteiger partial charge is 0.103 e. The van der Waals surface area contributed by atoms with E-state index in [1.165, 1.54) is 11.6 Å². The third-order valence-electron chi connectivity index (χ3n) is 2.08. The Balaban J connectivity index is 1.98. The molecule has 1 saturated heterocycles. The fourth-order valence-electron chi connectivity index (χ4n) is 1.24. The average Bonchev–Trinajstić information content (AvgIpc) is 2.59. The molecule has 2 rings (SSSR count). The van der Waals surface area contributed by atoms with E-state index < -0.39 is 0 Å². The minimum absolute atomic E-state index is 0.202. The summed E-state index contributed by atoms with van der Waals surface area (Å²) in [5.74, 6) is 1.14. The first-order chi connectivity index (χ1) is 5.31. The second-order valence-corrected chi connectivity index (χ2v) is 5.67. The van der Waals surface area contributed by atoms with Crippen molar-refractivity contribution in [2.24, 2.45) is 0 Å². The van der Waals surface area contributed by atoms with Crippen molar-refractivity contribution >= 4 is 7.92 Å². The number of nitrogens with one attached hydrogen (secondary N) is 2. The molecule has 2 aliphatic rings. The van der Waals surface area contributed by atoms with Crippen molar-refractivity contribution < 1.29 is 0 Å². The highest BCUT2D eigenvalue weighted by Gasteiger charge is 2.36. The minimum atomic E-state index is 0.202. The molecule has 2 N–H and O–H groups in total. The molecule has 0 aromatic heterocycles. The van der Waals surface area contributed by atoms with Crippen molar-refractivity contribution in [3.8, 4) is 0 Å². The Morgan fingerprint density at radius 1 is 1.73 bits per heavy atom. The third-order valence-corrected chi connectivity index (χ3v) is 4.66. The number of rotatable bonds is 1. The predicted molar refractivity (Wildman–Crippen MR) is 49.4 cm³/mol. The summed E-state index contributed by atoms with van der Waals surface area (Å²) in [5.41, 5.74) is 2.38. The molecule has 0 spiro atoms. The molecule has 0 radical (unpaired) electrons. The number of hydrogen-bond donors (Lipinski definition) is 2. The zero-order chi connectivity index (χ0) is 7.84. The first-order valence-electron chi connectivity index (χ1n) is 3.98. The van der Waals surface area contributed by atoms with Gasteiger partial charge in [-0.2, -0.15) is 0 Å². The summed E-state index contributed by atoms with van der Waals surface area (Å²) in [4.78, 5) is 0. The first-order valence-corrected chi connectivity index (χ1v) is 5.57. The van der Waals surface area contributed by atoms with E-state index in [-0.39, 0.29) is 7.92 Å². The van der Waals surface area contributed by atoms with Gasteiger partial charge in [0, 0.05) is 6.20 Å². The Bertz CT molecular complexity index is 232. The molecule has 3 heteroatoms. The SMILES string of the molecule is CC=C1NC=C(P2CC2C)N1. The van der Waals surface area contributed by atoms with Crippen LogP contribution in [0.25, 0.3) is 0 Å². The molecule has 2 aliphatic heterocycles. The zero-order valence-electron chi connectivity index (χ0n) is 6.89. The van der Waals surface area contributed by atoms with Crippen LogP contribution in [0.5, 0.6) is 0 Å². The molecule has 0 bridgehead atoms. The molecule has 2 nitrogen and oxygen atoms in total. The lowest BCUT2D eigenvalue weighted by molar-refractivity contribution is 0.975. The van der Waals surface area contributed by atoms with E-state index in [4.69, 9.17) is 0 Å². The highest BCUT2D eigenvalue weighted by atomic mass is 31.1. The fraction of sp³-hybridized carbons (Fsp3) is 0.500. The Morgan fingerprint density at radius 2 is 2.45 bits per heavy atom. The van der Waals surface area contributed by atoms with Crippen LogP contribution in [0.15, 0.2) is 23.5 Å². The first kappa shape index (κ1) is 7.17. The quantitative estimate of drug-likeness (QED) is 0.582. The Labute approximate surface area is 68.5 Å². The van der Waals surface area contributed by atoms with Crippen molar-refractivity contribution in [2.45, 2.75) is 19.5 Å². The predicted octanol–water partition coefficient (Wildman–Crippen LogP) is 1.72. The van der Waals surface area contributed by atoms with Crippen LogP contribution >= 0.6 is 7.92 Å². The maximum absolute atomic E-state index is 3.37. The van der Waals surface area contributed by atoms with Gasteiger partial charge in [0.2, 0.25) is 0 Å². The van der Waals surface area contributed by atoms with E-state index >= 15 is 0 Å². The summed E-state index contributed by atoms with van der Waals surface area (Å²) in [5, 5.41) is 6.58. The van der Waals surface area contributed by atoms with Gasteiger partial charge in [0.15, 0.2) is 0 Å². The average molecular weight is 168 g/mol. The van der Waals surface area contributed by atoms with E-state index in [9.17, 15) is 0 Å². The van der Waals surface area contributed by atoms with E-state index in [0.717, 1.165) is 11.5 Å². The van der Waals surface area contributed by atoms with E-state index in [0.29, 0.717) is 0 Å². The lowest BCUT2D eigenvalue weighted by Crippen LogP contribution is -2.10. The van der Waals surface area contributed by atoms with Crippen LogP contribution < -0.4 is 10.6 Å². The normalized spacial score (nSPS) is 38.0. The summed E-state index contributed by atoms with van der Waals surface area (Å²) in [6.45, 7) is 4.36. The molecule has 2 heterocycles. The van der Waals surface area contributed by atoms with Gasteiger partial charge in [0.25, 0.3) is 0 Å². The molecule has 0 aliphatic carbocycles. The van der Waals surface area contributed by atoms with Crippen LogP contribution in [0.3, 0.4) is 0 Å². The van der Waals surface area contributed by atoms with Gasteiger partial charge in [-0.3, -0.25) is 0 Å². The molecular weight excluding hydrogens is 155 g/mol. The van der Waals surface area contributed by atoms with E-state index in [1.54, 1.807) is 0 Å². The molecule has 1 fully saturated rings. The second kappa shape index (κ2) is 2.53. The van der Waals surface area contributed by atoms with Crippen LogP contribution in [0.1, 0.15) is 13.8 Å². The number of allylic oxidation sites excluding steroid dienone is 1. The standard InChI is InChI=1S/C8H13N2P/c1-3-7-9-4-8(10-7)11-5-6(11)2/h3-4,6,9-10H,5H2,1-2H3. The van der Waals surface area contributed by atoms with E-state index in [1.807, 2.05) is 6.92 Å². The van der Waals surface area contributed by atoms with E-state index in [2.05, 4.69) is 29.8 Å². The van der Waals surface area contributed by atoms with Crippen LogP contribution in [0.4, 0.5) is 0 Å². The van der Waals surface area contributed by atoms with Crippen molar-refractivity contribution in [2.75, 3.05) is 6.16 Å². The minimum Gasteiger partial charge on any atom is -0.346 e. The lowest BCUT2D eigenvalue weighted by atomic mass is 10.6. The molecule has 2 unspecified atom stereocenters. The molecule has 0 saturated carbocycles. The summed E-state index contributed by atoms with van der Waals surface area (Å²) < 4.78 is 0. The lowest BCUT2D eigenvalue weighted by Gasteiger charge is -2.01. The molecule has 2 atom stereocenters. The highest BCUT2D eigenvalue weighted by Crippen LogP contribution is 2.64. The maximum Gasteiger partial charge on any atom is 0.103 e. The van der Waals surface area contributed by atoms with Gasteiger partial charge in [-0.05, 0) is 24.8 Å². The van der Waals surface area contributed by atoms with Crippen LogP contribution in [0, 0.1) is 0 Å². The van der Waals surface area contributed by atoms with Gasteiger partial charge in [-0.15, -0.1) is 0 Å². The third kappa shape index (κ3) is 1.28. The highest BCUT2D eigenvalue weighted by molar-refractivity contribution is 7.70. The monoisotopic (exact) mass is 168 g/mol. The van der Waals surface area contributed by atoms with Crippen LogP contribution in [-0.4, -0.2) is 11.8 Å². The van der Waals surface area contributed by atoms with Gasteiger partial charge in [0.05, 0.1) is 5.44 Å².